The third kappa shape index (κ3) is 5.75. The summed E-state index contributed by atoms with van der Waals surface area (Å²) in [4.78, 5) is 8.62. The second kappa shape index (κ2) is 9.79. The molecule has 7 nitrogen and oxygen atoms in total. The summed E-state index contributed by atoms with van der Waals surface area (Å²) < 4.78 is 11.0. The van der Waals surface area contributed by atoms with Crippen LogP contribution < -0.4 is 15.4 Å². The largest absolute Gasteiger partial charge is 0.494 e. The summed E-state index contributed by atoms with van der Waals surface area (Å²) in [5, 5.41) is 10.5. The number of ether oxygens (including phenoxy) is 1. The maximum atomic E-state index is 5.72. The number of rotatable bonds is 8. The average molecular weight is 359 g/mol. The van der Waals surface area contributed by atoms with E-state index in [1.54, 1.807) is 7.05 Å². The van der Waals surface area contributed by atoms with Crippen LogP contribution in [0.1, 0.15) is 49.5 Å². The Bertz CT molecular complexity index is 724. The van der Waals surface area contributed by atoms with E-state index in [-0.39, 0.29) is 5.92 Å². The van der Waals surface area contributed by atoms with Gasteiger partial charge < -0.3 is 19.9 Å². The minimum Gasteiger partial charge on any atom is -0.494 e. The van der Waals surface area contributed by atoms with E-state index in [1.165, 1.54) is 5.56 Å². The van der Waals surface area contributed by atoms with Crippen LogP contribution in [0.3, 0.4) is 0 Å². The van der Waals surface area contributed by atoms with Gasteiger partial charge in [0.05, 0.1) is 6.61 Å². The zero-order valence-electron chi connectivity index (χ0n) is 16.3. The van der Waals surface area contributed by atoms with Crippen LogP contribution in [-0.2, 0) is 13.0 Å². The number of nitrogens with zero attached hydrogens (tertiary/aromatic N) is 3. The second-order valence-corrected chi connectivity index (χ2v) is 6.35. The van der Waals surface area contributed by atoms with Gasteiger partial charge in [-0.2, -0.15) is 4.98 Å². The smallest absolute Gasteiger partial charge is 0.228 e. The third-order valence-electron chi connectivity index (χ3n) is 3.82. The van der Waals surface area contributed by atoms with Crippen molar-refractivity contribution in [3.05, 3.63) is 41.0 Å². The molecule has 0 saturated heterocycles. The van der Waals surface area contributed by atoms with Gasteiger partial charge in [0.25, 0.3) is 0 Å². The van der Waals surface area contributed by atoms with Gasteiger partial charge >= 0.3 is 0 Å². The summed E-state index contributed by atoms with van der Waals surface area (Å²) in [6.45, 7) is 10.1. The number of benzene rings is 1. The number of aliphatic imine (C=N–C) groups is 1. The minimum absolute atomic E-state index is 0.268. The summed E-state index contributed by atoms with van der Waals surface area (Å²) in [6, 6.07) is 6.21. The molecule has 1 aromatic heterocycles. The number of aryl methyl sites for hydroxylation is 1. The lowest BCUT2D eigenvalue weighted by atomic mass is 10.1. The molecule has 2 aromatic rings. The molecule has 2 rings (SSSR count). The summed E-state index contributed by atoms with van der Waals surface area (Å²) in [6.07, 6.45) is 0.648. The molecular weight excluding hydrogens is 330 g/mol. The Morgan fingerprint density at radius 3 is 2.77 bits per heavy atom. The molecule has 1 heterocycles. The van der Waals surface area contributed by atoms with E-state index >= 15 is 0 Å². The lowest BCUT2D eigenvalue weighted by Gasteiger charge is -2.14. The van der Waals surface area contributed by atoms with Gasteiger partial charge in [-0.25, -0.2) is 0 Å². The van der Waals surface area contributed by atoms with Crippen LogP contribution in [0.25, 0.3) is 0 Å². The Balaban J connectivity index is 1.84. The molecule has 0 spiro atoms. The first-order valence-corrected chi connectivity index (χ1v) is 9.02. The van der Waals surface area contributed by atoms with Gasteiger partial charge in [0.15, 0.2) is 11.8 Å². The molecule has 0 aliphatic carbocycles. The van der Waals surface area contributed by atoms with Crippen LogP contribution in [0, 0.1) is 6.92 Å². The van der Waals surface area contributed by atoms with Crippen molar-refractivity contribution < 1.29 is 9.26 Å². The van der Waals surface area contributed by atoms with Crippen LogP contribution in [0.15, 0.2) is 27.7 Å². The van der Waals surface area contributed by atoms with Crippen LogP contribution in [0.5, 0.6) is 5.75 Å². The van der Waals surface area contributed by atoms with Crippen molar-refractivity contribution in [1.29, 1.82) is 0 Å². The lowest BCUT2D eigenvalue weighted by molar-refractivity contribution is 0.336. The number of guanidine groups is 1. The van der Waals surface area contributed by atoms with E-state index in [4.69, 9.17) is 9.26 Å². The minimum atomic E-state index is 0.268. The van der Waals surface area contributed by atoms with Crippen LogP contribution in [0.2, 0.25) is 0 Å². The average Bonchev–Trinajstić information content (AvgIpc) is 3.09. The van der Waals surface area contributed by atoms with Crippen molar-refractivity contribution in [3.63, 3.8) is 0 Å². The van der Waals surface area contributed by atoms with E-state index in [2.05, 4.69) is 50.9 Å². The lowest BCUT2D eigenvalue weighted by Crippen LogP contribution is -2.38. The second-order valence-electron chi connectivity index (χ2n) is 6.35. The molecule has 0 unspecified atom stereocenters. The normalized spacial score (nSPS) is 11.7. The van der Waals surface area contributed by atoms with Crippen molar-refractivity contribution in [2.45, 2.75) is 46.6 Å². The monoisotopic (exact) mass is 359 g/mol. The Morgan fingerprint density at radius 1 is 1.31 bits per heavy atom. The van der Waals surface area contributed by atoms with Gasteiger partial charge in [0, 0.05) is 38.0 Å². The summed E-state index contributed by atoms with van der Waals surface area (Å²) >= 11 is 0. The molecule has 142 valence electrons. The fraction of sp³-hybridized carbons (Fsp3) is 0.526. The van der Waals surface area contributed by atoms with E-state index in [9.17, 15) is 0 Å². The van der Waals surface area contributed by atoms with Crippen LogP contribution >= 0.6 is 0 Å². The van der Waals surface area contributed by atoms with Gasteiger partial charge in [-0.05, 0) is 25.5 Å². The fourth-order valence-corrected chi connectivity index (χ4v) is 2.39. The molecule has 0 radical (unpaired) electrons. The molecule has 2 N–H and O–H groups in total. The molecular formula is C19H29N5O2. The van der Waals surface area contributed by atoms with Crippen molar-refractivity contribution in [3.8, 4) is 5.75 Å². The quantitative estimate of drug-likeness (QED) is 0.557. The predicted molar refractivity (Wildman–Crippen MR) is 103 cm³/mol. The zero-order chi connectivity index (χ0) is 18.9. The van der Waals surface area contributed by atoms with Gasteiger partial charge in [0.2, 0.25) is 5.89 Å². The SMILES string of the molecule is CCOc1cc(C)ccc1CNC(=NC)NCCc1nc(C(C)C)no1. The third-order valence-corrected chi connectivity index (χ3v) is 3.82. The van der Waals surface area contributed by atoms with E-state index in [1.807, 2.05) is 20.8 Å². The number of hydrogen-bond donors (Lipinski definition) is 2. The zero-order valence-corrected chi connectivity index (χ0v) is 16.3. The predicted octanol–water partition coefficient (Wildman–Crippen LogP) is 2.81. The number of hydrogen-bond acceptors (Lipinski definition) is 5. The highest BCUT2D eigenvalue weighted by atomic mass is 16.5. The molecule has 0 amide bonds. The molecule has 0 atom stereocenters. The number of aromatic nitrogens is 2. The highest BCUT2D eigenvalue weighted by Crippen LogP contribution is 2.20. The maximum absolute atomic E-state index is 5.72. The molecule has 0 aliphatic rings. The highest BCUT2D eigenvalue weighted by molar-refractivity contribution is 5.79. The highest BCUT2D eigenvalue weighted by Gasteiger charge is 2.10. The van der Waals surface area contributed by atoms with Crippen molar-refractivity contribution >= 4 is 5.96 Å². The Kier molecular flexibility index (Phi) is 7.44. The molecule has 0 aliphatic heterocycles. The topological polar surface area (TPSA) is 84.6 Å². The first kappa shape index (κ1) is 19.8. The molecule has 1 aromatic carbocycles. The first-order chi connectivity index (χ1) is 12.5. The molecule has 0 bridgehead atoms. The van der Waals surface area contributed by atoms with Crippen LogP contribution in [0.4, 0.5) is 0 Å². The summed E-state index contributed by atoms with van der Waals surface area (Å²) in [7, 11) is 1.75. The summed E-state index contributed by atoms with van der Waals surface area (Å²) in [5.74, 6) is 3.27. The standard InChI is InChI=1S/C19H29N5O2/c1-6-25-16-11-14(4)7-8-15(16)12-22-19(20-5)21-10-9-17-23-18(13(2)3)24-26-17/h7-8,11,13H,6,9-10,12H2,1-5H3,(H2,20,21,22). The van der Waals surface area contributed by atoms with E-state index in [0.717, 1.165) is 23.1 Å². The van der Waals surface area contributed by atoms with Gasteiger partial charge in [0.1, 0.15) is 5.75 Å². The summed E-state index contributed by atoms with van der Waals surface area (Å²) in [5.41, 5.74) is 2.28. The molecule has 0 fully saturated rings. The van der Waals surface area contributed by atoms with Gasteiger partial charge in [-0.15, -0.1) is 0 Å². The molecule has 0 saturated carbocycles. The first-order valence-electron chi connectivity index (χ1n) is 9.02. The van der Waals surface area contributed by atoms with Crippen molar-refractivity contribution in [2.24, 2.45) is 4.99 Å². The Morgan fingerprint density at radius 2 is 2.12 bits per heavy atom. The Hall–Kier alpha value is -2.57. The molecule has 7 heteroatoms. The van der Waals surface area contributed by atoms with E-state index < -0.39 is 0 Å². The molecule has 26 heavy (non-hydrogen) atoms. The number of nitrogens with one attached hydrogen (secondary N) is 2. The van der Waals surface area contributed by atoms with Crippen molar-refractivity contribution in [1.82, 2.24) is 20.8 Å². The van der Waals surface area contributed by atoms with Gasteiger partial charge in [-0.3, -0.25) is 4.99 Å². The van der Waals surface area contributed by atoms with Crippen LogP contribution in [-0.4, -0.2) is 36.3 Å². The van der Waals surface area contributed by atoms with Gasteiger partial charge in [-0.1, -0.05) is 31.1 Å². The Labute approximate surface area is 155 Å². The van der Waals surface area contributed by atoms with Crippen molar-refractivity contribution in [2.75, 3.05) is 20.2 Å². The maximum Gasteiger partial charge on any atom is 0.228 e. The van der Waals surface area contributed by atoms with E-state index in [0.29, 0.717) is 32.0 Å². The fourth-order valence-electron chi connectivity index (χ4n) is 2.39.